The third kappa shape index (κ3) is 4.81. The van der Waals surface area contributed by atoms with Crippen LogP contribution in [0.3, 0.4) is 0 Å². The Labute approximate surface area is 235 Å². The van der Waals surface area contributed by atoms with Gasteiger partial charge in [0.05, 0.1) is 39.8 Å². The number of fused-ring (bicyclic) bond motifs is 2. The number of benzene rings is 3. The van der Waals surface area contributed by atoms with E-state index in [-0.39, 0.29) is 17.5 Å². The molecule has 0 amide bonds. The van der Waals surface area contributed by atoms with Gasteiger partial charge < -0.3 is 11.1 Å². The first kappa shape index (κ1) is 25.6. The van der Waals surface area contributed by atoms with Crippen molar-refractivity contribution in [2.24, 2.45) is 0 Å². The topological polar surface area (TPSA) is 148 Å². The Morgan fingerprint density at radius 1 is 0.976 bits per heavy atom. The third-order valence-corrected chi connectivity index (χ3v) is 6.89. The summed E-state index contributed by atoms with van der Waals surface area (Å²) in [6.07, 6.45) is 6.18. The van der Waals surface area contributed by atoms with Gasteiger partial charge in [-0.05, 0) is 48.4 Å². The molecule has 0 aliphatic rings. The summed E-state index contributed by atoms with van der Waals surface area (Å²) < 4.78 is 1.65. The molecule has 6 aromatic rings. The number of hydrogen-bond donors (Lipinski definition) is 2. The van der Waals surface area contributed by atoms with Crippen LogP contribution < -0.4 is 16.6 Å². The maximum absolute atomic E-state index is 14.4. The number of rotatable bonds is 7. The lowest BCUT2D eigenvalue weighted by atomic mass is 10.0. The first-order chi connectivity index (χ1) is 20.1. The molecule has 0 saturated heterocycles. The van der Waals surface area contributed by atoms with Crippen LogP contribution in [-0.4, -0.2) is 29.5 Å². The maximum atomic E-state index is 14.4. The van der Waals surface area contributed by atoms with E-state index in [0.29, 0.717) is 62.2 Å². The van der Waals surface area contributed by atoms with Gasteiger partial charge >= 0.3 is 0 Å². The van der Waals surface area contributed by atoms with Crippen molar-refractivity contribution >= 4 is 33.6 Å². The van der Waals surface area contributed by atoms with Crippen LogP contribution in [0.2, 0.25) is 0 Å². The summed E-state index contributed by atoms with van der Waals surface area (Å²) >= 11 is 0. The third-order valence-electron chi connectivity index (χ3n) is 6.89. The van der Waals surface area contributed by atoms with Gasteiger partial charge in [0.25, 0.3) is 5.56 Å². The molecule has 0 fully saturated rings. The number of nitrogens with two attached hydrogens (primary N) is 1. The molecule has 0 radical (unpaired) electrons. The molecule has 0 aliphatic carbocycles. The first-order valence-corrected chi connectivity index (χ1v) is 13.2. The Hall–Kier alpha value is -5.69. The van der Waals surface area contributed by atoms with Crippen LogP contribution >= 0.6 is 0 Å². The lowest BCUT2D eigenvalue weighted by Gasteiger charge is -2.24. The SMILES string of the molecule is CCC[C@H](Nc1ncnc2ccc(C#N)cc12)c1nc2cccc(-c3cnc(N)nc3)c2c(=O)n1-c1ccccc1. The Balaban J connectivity index is 1.59. The molecule has 200 valence electrons. The lowest BCUT2D eigenvalue weighted by molar-refractivity contribution is 0.616. The fourth-order valence-corrected chi connectivity index (χ4v) is 4.99. The van der Waals surface area contributed by atoms with E-state index < -0.39 is 0 Å². The summed E-state index contributed by atoms with van der Waals surface area (Å²) in [5.41, 5.74) is 9.28. The van der Waals surface area contributed by atoms with Crippen LogP contribution in [0.5, 0.6) is 0 Å². The van der Waals surface area contributed by atoms with Crippen LogP contribution in [0.4, 0.5) is 11.8 Å². The number of nitrogens with zero attached hydrogens (tertiary/aromatic N) is 7. The zero-order valence-electron chi connectivity index (χ0n) is 22.2. The highest BCUT2D eigenvalue weighted by molar-refractivity contribution is 5.94. The van der Waals surface area contributed by atoms with Crippen molar-refractivity contribution in [2.45, 2.75) is 25.8 Å². The van der Waals surface area contributed by atoms with Gasteiger partial charge in [0, 0.05) is 23.3 Å². The second-order valence-electron chi connectivity index (χ2n) is 9.53. The summed E-state index contributed by atoms with van der Waals surface area (Å²) in [7, 11) is 0. The van der Waals surface area contributed by atoms with E-state index in [1.807, 2.05) is 48.5 Å². The van der Waals surface area contributed by atoms with Crippen molar-refractivity contribution in [2.75, 3.05) is 11.1 Å². The van der Waals surface area contributed by atoms with Crippen molar-refractivity contribution in [3.8, 4) is 22.9 Å². The molecular weight excluding hydrogens is 514 g/mol. The molecule has 3 heterocycles. The second kappa shape index (κ2) is 10.8. The van der Waals surface area contributed by atoms with E-state index in [4.69, 9.17) is 10.7 Å². The quantitative estimate of drug-likeness (QED) is 0.279. The Morgan fingerprint density at radius 2 is 1.78 bits per heavy atom. The molecule has 0 aliphatic heterocycles. The van der Waals surface area contributed by atoms with Gasteiger partial charge in [-0.15, -0.1) is 0 Å². The number of aromatic nitrogens is 6. The molecular formula is C31H25N9O. The molecule has 0 unspecified atom stereocenters. The fraction of sp³-hybridized carbons (Fsp3) is 0.129. The van der Waals surface area contributed by atoms with E-state index >= 15 is 0 Å². The molecule has 0 saturated carbocycles. The molecule has 6 rings (SSSR count). The van der Waals surface area contributed by atoms with Crippen molar-refractivity contribution in [1.82, 2.24) is 29.5 Å². The number of para-hydroxylation sites is 1. The van der Waals surface area contributed by atoms with Gasteiger partial charge in [0.2, 0.25) is 5.95 Å². The predicted molar refractivity (Wildman–Crippen MR) is 158 cm³/mol. The minimum atomic E-state index is -0.385. The first-order valence-electron chi connectivity index (χ1n) is 13.2. The highest BCUT2D eigenvalue weighted by atomic mass is 16.1. The summed E-state index contributed by atoms with van der Waals surface area (Å²) in [5.74, 6) is 1.26. The van der Waals surface area contributed by atoms with Crippen LogP contribution in [0.15, 0.2) is 90.2 Å². The fourth-order valence-electron chi connectivity index (χ4n) is 4.99. The number of nitrogen functional groups attached to an aromatic ring is 1. The Kier molecular flexibility index (Phi) is 6.75. The smallest absolute Gasteiger partial charge is 0.266 e. The molecule has 10 heteroatoms. The maximum Gasteiger partial charge on any atom is 0.266 e. The van der Waals surface area contributed by atoms with E-state index in [9.17, 15) is 10.1 Å². The van der Waals surface area contributed by atoms with Gasteiger partial charge in [-0.1, -0.05) is 43.7 Å². The van der Waals surface area contributed by atoms with Crippen LogP contribution in [-0.2, 0) is 0 Å². The zero-order chi connectivity index (χ0) is 28.3. The molecule has 10 nitrogen and oxygen atoms in total. The van der Waals surface area contributed by atoms with Crippen molar-refractivity contribution < 1.29 is 0 Å². The van der Waals surface area contributed by atoms with E-state index in [1.54, 1.807) is 35.2 Å². The summed E-state index contributed by atoms with van der Waals surface area (Å²) in [5, 5.41) is 14.2. The van der Waals surface area contributed by atoms with Gasteiger partial charge in [0.1, 0.15) is 18.0 Å². The molecule has 3 aromatic heterocycles. The van der Waals surface area contributed by atoms with Gasteiger partial charge in [-0.2, -0.15) is 5.26 Å². The summed E-state index contributed by atoms with van der Waals surface area (Å²) in [4.78, 5) is 36.6. The Morgan fingerprint density at radius 3 is 2.54 bits per heavy atom. The predicted octanol–water partition coefficient (Wildman–Crippen LogP) is 5.19. The minimum Gasteiger partial charge on any atom is -0.368 e. The lowest BCUT2D eigenvalue weighted by Crippen LogP contribution is -2.29. The monoisotopic (exact) mass is 539 g/mol. The molecule has 3 N–H and O–H groups in total. The van der Waals surface area contributed by atoms with Crippen LogP contribution in [0, 0.1) is 11.3 Å². The van der Waals surface area contributed by atoms with Gasteiger partial charge in [0.15, 0.2) is 0 Å². The number of nitrogens with one attached hydrogen (secondary N) is 1. The standard InChI is InChI=1S/C31H25N9O/c1-2-7-26(38-28-23-14-19(15-32)12-13-24(23)36-18-37-28)29-39-25-11-6-10-22(20-16-34-31(33)35-17-20)27(25)30(41)40(29)21-8-4-3-5-9-21/h3-6,8-14,16-18,26H,2,7H2,1H3,(H2,33,34,35)(H,36,37,38)/t26-/m0/s1. The summed E-state index contributed by atoms with van der Waals surface area (Å²) in [6, 6.07) is 22.1. The number of anilines is 2. The summed E-state index contributed by atoms with van der Waals surface area (Å²) in [6.45, 7) is 2.08. The largest absolute Gasteiger partial charge is 0.368 e. The molecule has 0 bridgehead atoms. The highest BCUT2D eigenvalue weighted by Crippen LogP contribution is 2.31. The van der Waals surface area contributed by atoms with Gasteiger partial charge in [-0.3, -0.25) is 9.36 Å². The molecule has 1 atom stereocenters. The normalized spacial score (nSPS) is 11.8. The van der Waals surface area contributed by atoms with Crippen molar-refractivity contribution in [3.05, 3.63) is 107 Å². The minimum absolute atomic E-state index is 0.156. The molecule has 0 spiro atoms. The average Bonchev–Trinajstić information content (AvgIpc) is 3.01. The number of hydrogen-bond acceptors (Lipinski definition) is 9. The van der Waals surface area contributed by atoms with Crippen LogP contribution in [0.1, 0.15) is 37.2 Å². The molecule has 3 aromatic carbocycles. The van der Waals surface area contributed by atoms with Crippen molar-refractivity contribution in [3.63, 3.8) is 0 Å². The van der Waals surface area contributed by atoms with E-state index in [2.05, 4.69) is 38.2 Å². The second-order valence-corrected chi connectivity index (χ2v) is 9.53. The zero-order valence-corrected chi connectivity index (χ0v) is 22.2. The van der Waals surface area contributed by atoms with Crippen LogP contribution in [0.25, 0.3) is 38.6 Å². The highest BCUT2D eigenvalue weighted by Gasteiger charge is 2.23. The van der Waals surface area contributed by atoms with E-state index in [0.717, 1.165) is 6.42 Å². The Bertz CT molecular complexity index is 1980. The van der Waals surface area contributed by atoms with Crippen molar-refractivity contribution in [1.29, 1.82) is 5.26 Å². The average molecular weight is 540 g/mol. The number of nitriles is 1. The van der Waals surface area contributed by atoms with E-state index in [1.165, 1.54) is 6.33 Å². The molecule has 41 heavy (non-hydrogen) atoms. The van der Waals surface area contributed by atoms with Gasteiger partial charge in [-0.25, -0.2) is 24.9 Å².